The maximum absolute atomic E-state index is 10.7. The summed E-state index contributed by atoms with van der Waals surface area (Å²) < 4.78 is 35.4. The molecule has 0 amide bonds. The van der Waals surface area contributed by atoms with E-state index in [4.69, 9.17) is 14.4 Å². The van der Waals surface area contributed by atoms with Crippen LogP contribution in [-0.2, 0) is 14.9 Å². The number of hydrogen-bond acceptors (Lipinski definition) is 4. The topological polar surface area (TPSA) is 101 Å². The summed E-state index contributed by atoms with van der Waals surface area (Å²) in [6.45, 7) is 0.234. The van der Waals surface area contributed by atoms with Crippen LogP contribution in [-0.4, -0.2) is 30.7 Å². The summed E-state index contributed by atoms with van der Waals surface area (Å²) in [4.78, 5) is 10.0. The monoisotopic (exact) mass is 260 g/mol. The summed E-state index contributed by atoms with van der Waals surface area (Å²) in [5.41, 5.74) is 0. The molecule has 0 heterocycles. The first-order chi connectivity index (χ1) is 7.89. The summed E-state index contributed by atoms with van der Waals surface area (Å²) >= 11 is 0. The van der Waals surface area contributed by atoms with Gasteiger partial charge in [-0.2, -0.15) is 8.42 Å². The normalized spacial score (nSPS) is 11.1. The van der Waals surface area contributed by atoms with Gasteiger partial charge >= 0.3 is 5.97 Å². The van der Waals surface area contributed by atoms with E-state index in [9.17, 15) is 13.2 Å². The Kier molecular flexibility index (Phi) is 4.47. The Bertz CT molecular complexity index is 476. The van der Waals surface area contributed by atoms with Crippen molar-refractivity contribution in [3.63, 3.8) is 0 Å². The molecule has 0 atom stereocenters. The summed E-state index contributed by atoms with van der Waals surface area (Å²) in [6.07, 6.45) is 0.387. The molecule has 94 valence electrons. The average molecular weight is 260 g/mol. The Labute approximate surface area is 98.6 Å². The van der Waals surface area contributed by atoms with Gasteiger partial charge in [-0.15, -0.1) is 0 Å². The fourth-order valence-electron chi connectivity index (χ4n) is 1.12. The maximum Gasteiger partial charge on any atom is 0.303 e. The third-order valence-electron chi connectivity index (χ3n) is 1.93. The molecule has 0 aliphatic rings. The van der Waals surface area contributed by atoms with Gasteiger partial charge in [-0.1, -0.05) is 0 Å². The first kappa shape index (κ1) is 13.5. The second kappa shape index (κ2) is 5.65. The summed E-state index contributed by atoms with van der Waals surface area (Å²) in [5, 5.41) is 8.39. The molecule has 0 aliphatic carbocycles. The van der Waals surface area contributed by atoms with Gasteiger partial charge in [0.05, 0.1) is 11.5 Å². The third-order valence-corrected chi connectivity index (χ3v) is 2.79. The van der Waals surface area contributed by atoms with E-state index in [1.165, 1.54) is 24.3 Å². The van der Waals surface area contributed by atoms with Crippen molar-refractivity contribution in [2.75, 3.05) is 6.61 Å². The maximum atomic E-state index is 10.7. The van der Waals surface area contributed by atoms with E-state index in [2.05, 4.69) is 0 Å². The molecule has 0 aromatic heterocycles. The zero-order valence-electron chi connectivity index (χ0n) is 8.87. The predicted molar refractivity (Wildman–Crippen MR) is 58.6 cm³/mol. The van der Waals surface area contributed by atoms with Crippen LogP contribution in [0.15, 0.2) is 29.2 Å². The predicted octanol–water partition coefficient (Wildman–Crippen LogP) is 1.18. The van der Waals surface area contributed by atoms with Crippen molar-refractivity contribution in [3.8, 4) is 5.75 Å². The number of benzene rings is 1. The van der Waals surface area contributed by atoms with Crippen molar-refractivity contribution in [1.29, 1.82) is 0 Å². The minimum absolute atomic E-state index is 0.0170. The number of ether oxygens (including phenoxy) is 1. The molecule has 0 spiro atoms. The van der Waals surface area contributed by atoms with Crippen LogP contribution in [0.1, 0.15) is 12.8 Å². The second-order valence-corrected chi connectivity index (χ2v) is 4.71. The lowest BCUT2D eigenvalue weighted by Gasteiger charge is -2.05. The summed E-state index contributed by atoms with van der Waals surface area (Å²) in [5.74, 6) is -0.474. The van der Waals surface area contributed by atoms with Crippen LogP contribution in [0.3, 0.4) is 0 Å². The van der Waals surface area contributed by atoms with Gasteiger partial charge in [0.1, 0.15) is 5.75 Å². The number of aliphatic carboxylic acids is 1. The van der Waals surface area contributed by atoms with Gasteiger partial charge in [-0.25, -0.2) is 0 Å². The van der Waals surface area contributed by atoms with Crippen LogP contribution in [0.25, 0.3) is 0 Å². The number of rotatable bonds is 6. The molecule has 0 fully saturated rings. The summed E-state index contributed by atoms with van der Waals surface area (Å²) in [6, 6.07) is 5.21. The minimum Gasteiger partial charge on any atom is -0.494 e. The number of hydrogen-bond donors (Lipinski definition) is 2. The molecular formula is C10H12O6S. The fraction of sp³-hybridized carbons (Fsp3) is 0.300. The highest BCUT2D eigenvalue weighted by Gasteiger charge is 2.08. The van der Waals surface area contributed by atoms with Gasteiger partial charge < -0.3 is 9.84 Å². The quantitative estimate of drug-likeness (QED) is 0.588. The van der Waals surface area contributed by atoms with Crippen LogP contribution in [0, 0.1) is 0 Å². The molecule has 2 N–H and O–H groups in total. The van der Waals surface area contributed by atoms with Gasteiger partial charge in [0.15, 0.2) is 0 Å². The highest BCUT2D eigenvalue weighted by atomic mass is 32.2. The van der Waals surface area contributed by atoms with Crippen LogP contribution >= 0.6 is 0 Å². The van der Waals surface area contributed by atoms with E-state index >= 15 is 0 Å². The molecule has 0 unspecified atom stereocenters. The first-order valence-electron chi connectivity index (χ1n) is 4.82. The Hall–Kier alpha value is -1.60. The van der Waals surface area contributed by atoms with Gasteiger partial charge in [0.2, 0.25) is 0 Å². The Morgan fingerprint density at radius 1 is 1.24 bits per heavy atom. The first-order valence-corrected chi connectivity index (χ1v) is 6.26. The Balaban J connectivity index is 2.49. The fourth-order valence-corrected chi connectivity index (χ4v) is 1.60. The van der Waals surface area contributed by atoms with E-state index in [1.807, 2.05) is 0 Å². The van der Waals surface area contributed by atoms with Crippen LogP contribution in [0.5, 0.6) is 5.75 Å². The van der Waals surface area contributed by atoms with Crippen LogP contribution < -0.4 is 4.74 Å². The largest absolute Gasteiger partial charge is 0.494 e. The molecule has 1 aromatic carbocycles. The van der Waals surface area contributed by atoms with Crippen molar-refractivity contribution < 1.29 is 27.6 Å². The smallest absolute Gasteiger partial charge is 0.303 e. The number of carbonyl (C=O) groups is 1. The van der Waals surface area contributed by atoms with E-state index < -0.39 is 16.1 Å². The second-order valence-electron chi connectivity index (χ2n) is 3.29. The molecule has 0 saturated heterocycles. The van der Waals surface area contributed by atoms with E-state index in [1.54, 1.807) is 0 Å². The van der Waals surface area contributed by atoms with Crippen molar-refractivity contribution in [2.24, 2.45) is 0 Å². The Morgan fingerprint density at radius 3 is 2.29 bits per heavy atom. The lowest BCUT2D eigenvalue weighted by atomic mass is 10.3. The van der Waals surface area contributed by atoms with Gasteiger partial charge in [-0.3, -0.25) is 9.35 Å². The lowest BCUT2D eigenvalue weighted by molar-refractivity contribution is -0.137. The zero-order chi connectivity index (χ0) is 12.9. The van der Waals surface area contributed by atoms with Crippen molar-refractivity contribution in [2.45, 2.75) is 17.7 Å². The number of carboxylic acids is 1. The zero-order valence-corrected chi connectivity index (χ0v) is 9.68. The van der Waals surface area contributed by atoms with Crippen molar-refractivity contribution in [3.05, 3.63) is 24.3 Å². The summed E-state index contributed by atoms with van der Waals surface area (Å²) in [7, 11) is -4.19. The van der Waals surface area contributed by atoms with Gasteiger partial charge in [0.25, 0.3) is 10.1 Å². The molecule has 0 radical (unpaired) electrons. The van der Waals surface area contributed by atoms with E-state index in [-0.39, 0.29) is 17.9 Å². The third kappa shape index (κ3) is 4.83. The van der Waals surface area contributed by atoms with E-state index in [0.29, 0.717) is 12.2 Å². The highest BCUT2D eigenvalue weighted by Crippen LogP contribution is 2.15. The molecule has 6 nitrogen and oxygen atoms in total. The van der Waals surface area contributed by atoms with Crippen LogP contribution in [0.2, 0.25) is 0 Å². The average Bonchev–Trinajstić information content (AvgIpc) is 2.23. The molecule has 0 aliphatic heterocycles. The Morgan fingerprint density at radius 2 is 1.82 bits per heavy atom. The van der Waals surface area contributed by atoms with Crippen molar-refractivity contribution >= 4 is 16.1 Å². The molecule has 1 rings (SSSR count). The molecule has 7 heteroatoms. The van der Waals surface area contributed by atoms with Crippen molar-refractivity contribution in [1.82, 2.24) is 0 Å². The van der Waals surface area contributed by atoms with E-state index in [0.717, 1.165) is 0 Å². The SMILES string of the molecule is O=C(O)CCCOc1ccc(S(=O)(=O)O)cc1. The van der Waals surface area contributed by atoms with Gasteiger partial charge in [-0.05, 0) is 30.7 Å². The van der Waals surface area contributed by atoms with Crippen LogP contribution in [0.4, 0.5) is 0 Å². The molecule has 0 bridgehead atoms. The standard InChI is InChI=1S/C10H12O6S/c11-10(12)2-1-7-16-8-3-5-9(6-4-8)17(13,14)15/h3-6H,1-2,7H2,(H,11,12)(H,13,14,15). The highest BCUT2D eigenvalue weighted by molar-refractivity contribution is 7.85. The molecule has 17 heavy (non-hydrogen) atoms. The molecular weight excluding hydrogens is 248 g/mol. The number of carboxylic acid groups (broad SMARTS) is 1. The molecule has 1 aromatic rings. The lowest BCUT2D eigenvalue weighted by Crippen LogP contribution is -2.02. The van der Waals surface area contributed by atoms with Gasteiger partial charge in [0, 0.05) is 6.42 Å². The minimum atomic E-state index is -4.19. The molecule has 0 saturated carbocycles.